The number of carboxylic acids is 1. The topological polar surface area (TPSA) is 102 Å². The summed E-state index contributed by atoms with van der Waals surface area (Å²) in [5, 5.41) is 23.0. The summed E-state index contributed by atoms with van der Waals surface area (Å²) in [5.41, 5.74) is 0.613. The van der Waals surface area contributed by atoms with Crippen LogP contribution in [0.15, 0.2) is 22.7 Å². The van der Waals surface area contributed by atoms with E-state index in [1.165, 1.54) is 0 Å². The molecule has 2 amide bonds. The minimum absolute atomic E-state index is 0.133. The zero-order chi connectivity index (χ0) is 16.0. The van der Waals surface area contributed by atoms with Crippen molar-refractivity contribution in [1.82, 2.24) is 5.32 Å². The standard InChI is InChI=1S/C14H16BrN3O3/c1-8(2)5-12(13(19)20)18-14(21)17-11-4-3-10(15)6-9(11)7-16/h3-4,6,8,12H,5H2,1-2H3,(H,19,20)(H2,17,18,21). The number of nitrogens with zero attached hydrogens (tertiary/aromatic N) is 1. The maximum Gasteiger partial charge on any atom is 0.326 e. The Balaban J connectivity index is 2.77. The Morgan fingerprint density at radius 1 is 1.43 bits per heavy atom. The molecule has 0 radical (unpaired) electrons. The van der Waals surface area contributed by atoms with Crippen LogP contribution in [0.3, 0.4) is 0 Å². The van der Waals surface area contributed by atoms with E-state index in [1.807, 2.05) is 19.9 Å². The van der Waals surface area contributed by atoms with Crippen molar-refractivity contribution < 1.29 is 14.7 Å². The van der Waals surface area contributed by atoms with Crippen LogP contribution in [0.5, 0.6) is 0 Å². The van der Waals surface area contributed by atoms with Crippen molar-refractivity contribution in [2.45, 2.75) is 26.3 Å². The predicted molar refractivity (Wildman–Crippen MR) is 81.9 cm³/mol. The van der Waals surface area contributed by atoms with E-state index in [1.54, 1.807) is 18.2 Å². The molecule has 0 aliphatic rings. The summed E-state index contributed by atoms with van der Waals surface area (Å²) in [6.07, 6.45) is 0.328. The average molecular weight is 354 g/mol. The SMILES string of the molecule is CC(C)CC(NC(=O)Nc1ccc(Br)cc1C#N)C(=O)O. The number of carbonyl (C=O) groups is 2. The van der Waals surface area contributed by atoms with Crippen molar-refractivity contribution in [2.75, 3.05) is 5.32 Å². The molecule has 1 atom stereocenters. The summed E-state index contributed by atoms with van der Waals surface area (Å²) < 4.78 is 0.716. The Morgan fingerprint density at radius 2 is 2.10 bits per heavy atom. The van der Waals surface area contributed by atoms with Crippen molar-refractivity contribution in [3.63, 3.8) is 0 Å². The fraction of sp³-hybridized carbons (Fsp3) is 0.357. The van der Waals surface area contributed by atoms with Crippen molar-refractivity contribution >= 4 is 33.6 Å². The largest absolute Gasteiger partial charge is 0.480 e. The van der Waals surface area contributed by atoms with E-state index in [9.17, 15) is 9.59 Å². The smallest absolute Gasteiger partial charge is 0.326 e. The number of urea groups is 1. The van der Waals surface area contributed by atoms with Crippen molar-refractivity contribution in [2.24, 2.45) is 5.92 Å². The van der Waals surface area contributed by atoms with E-state index in [0.717, 1.165) is 0 Å². The molecule has 0 aromatic heterocycles. The van der Waals surface area contributed by atoms with Gasteiger partial charge in [-0.25, -0.2) is 9.59 Å². The van der Waals surface area contributed by atoms with Gasteiger partial charge in [0.2, 0.25) is 0 Å². The number of carboxylic acid groups (broad SMARTS) is 1. The average Bonchev–Trinajstić information content (AvgIpc) is 2.39. The lowest BCUT2D eigenvalue weighted by atomic mass is 10.0. The van der Waals surface area contributed by atoms with Crippen molar-refractivity contribution in [3.05, 3.63) is 28.2 Å². The van der Waals surface area contributed by atoms with Crippen molar-refractivity contribution in [1.29, 1.82) is 5.26 Å². The number of rotatable bonds is 5. The van der Waals surface area contributed by atoms with E-state index >= 15 is 0 Å². The molecule has 1 unspecified atom stereocenters. The van der Waals surface area contributed by atoms with Gasteiger partial charge in [0.05, 0.1) is 11.3 Å². The van der Waals surface area contributed by atoms with E-state index in [0.29, 0.717) is 16.6 Å². The third-order valence-corrected chi connectivity index (χ3v) is 3.15. The van der Waals surface area contributed by atoms with Gasteiger partial charge in [-0.05, 0) is 30.5 Å². The number of hydrogen-bond acceptors (Lipinski definition) is 3. The van der Waals surface area contributed by atoms with E-state index in [-0.39, 0.29) is 11.5 Å². The number of aliphatic carboxylic acids is 1. The second-order valence-corrected chi connectivity index (χ2v) is 5.84. The molecule has 6 nitrogen and oxygen atoms in total. The maximum atomic E-state index is 11.9. The minimum atomic E-state index is -1.09. The van der Waals surface area contributed by atoms with Crippen molar-refractivity contribution in [3.8, 4) is 6.07 Å². The normalized spacial score (nSPS) is 11.6. The molecule has 7 heteroatoms. The van der Waals surface area contributed by atoms with E-state index in [2.05, 4.69) is 26.6 Å². The van der Waals surface area contributed by atoms with Gasteiger partial charge in [0.25, 0.3) is 0 Å². The van der Waals surface area contributed by atoms with Gasteiger partial charge in [0, 0.05) is 4.47 Å². The number of hydrogen-bond donors (Lipinski definition) is 3. The molecule has 0 heterocycles. The Hall–Kier alpha value is -2.07. The van der Waals surface area contributed by atoms with E-state index < -0.39 is 18.0 Å². The van der Waals surface area contributed by atoms with Crippen LogP contribution in [-0.2, 0) is 4.79 Å². The van der Waals surface area contributed by atoms with Gasteiger partial charge in [-0.3, -0.25) is 0 Å². The zero-order valence-electron chi connectivity index (χ0n) is 11.7. The summed E-state index contributed by atoms with van der Waals surface area (Å²) in [4.78, 5) is 22.9. The molecule has 1 aromatic rings. The minimum Gasteiger partial charge on any atom is -0.480 e. The molecule has 112 valence electrons. The van der Waals surface area contributed by atoms with E-state index in [4.69, 9.17) is 10.4 Å². The van der Waals surface area contributed by atoms with Gasteiger partial charge >= 0.3 is 12.0 Å². The third-order valence-electron chi connectivity index (χ3n) is 2.66. The van der Waals surface area contributed by atoms with Gasteiger partial charge in [-0.15, -0.1) is 0 Å². The number of halogens is 1. The van der Waals surface area contributed by atoms with Gasteiger partial charge < -0.3 is 15.7 Å². The van der Waals surface area contributed by atoms with Crippen LogP contribution >= 0.6 is 15.9 Å². The van der Waals surface area contributed by atoms with Crippen LogP contribution in [0.2, 0.25) is 0 Å². The molecule has 0 aliphatic carbocycles. The predicted octanol–water partition coefficient (Wildman–Crippen LogP) is 2.94. The van der Waals surface area contributed by atoms with Gasteiger partial charge in [0.1, 0.15) is 12.1 Å². The summed E-state index contributed by atoms with van der Waals surface area (Å²) in [5.74, 6) is -0.955. The molecule has 0 saturated carbocycles. The summed E-state index contributed by atoms with van der Waals surface area (Å²) in [6, 6.07) is 5.16. The fourth-order valence-corrected chi connectivity index (χ4v) is 2.09. The first-order valence-corrected chi connectivity index (χ1v) is 7.12. The fourth-order valence-electron chi connectivity index (χ4n) is 1.73. The Kier molecular flexibility index (Phi) is 6.18. The van der Waals surface area contributed by atoms with Gasteiger partial charge in [-0.1, -0.05) is 29.8 Å². The molecule has 21 heavy (non-hydrogen) atoms. The first-order chi connectivity index (χ1) is 9.83. The molecule has 0 spiro atoms. The Morgan fingerprint density at radius 3 is 2.62 bits per heavy atom. The number of carbonyl (C=O) groups excluding carboxylic acids is 1. The monoisotopic (exact) mass is 353 g/mol. The van der Waals surface area contributed by atoms with Crippen LogP contribution in [0.25, 0.3) is 0 Å². The van der Waals surface area contributed by atoms with Gasteiger partial charge in [0.15, 0.2) is 0 Å². The molecule has 0 aliphatic heterocycles. The molecule has 0 fully saturated rings. The molecular weight excluding hydrogens is 338 g/mol. The van der Waals surface area contributed by atoms with Crippen LogP contribution in [-0.4, -0.2) is 23.1 Å². The summed E-state index contributed by atoms with van der Waals surface area (Å²) >= 11 is 3.23. The zero-order valence-corrected chi connectivity index (χ0v) is 13.3. The molecular formula is C14H16BrN3O3. The second kappa shape index (κ2) is 7.64. The lowest BCUT2D eigenvalue weighted by molar-refractivity contribution is -0.139. The number of nitrogens with one attached hydrogen (secondary N) is 2. The first-order valence-electron chi connectivity index (χ1n) is 6.33. The Labute approximate surface area is 131 Å². The Bertz CT molecular complexity index is 581. The quantitative estimate of drug-likeness (QED) is 0.756. The highest BCUT2D eigenvalue weighted by Crippen LogP contribution is 2.20. The van der Waals surface area contributed by atoms with Crippen LogP contribution < -0.4 is 10.6 Å². The molecule has 1 rings (SSSR count). The lowest BCUT2D eigenvalue weighted by Gasteiger charge is -2.17. The highest BCUT2D eigenvalue weighted by atomic mass is 79.9. The van der Waals surface area contributed by atoms with Crippen LogP contribution in [0, 0.1) is 17.2 Å². The molecule has 0 saturated heterocycles. The molecule has 3 N–H and O–H groups in total. The van der Waals surface area contributed by atoms with Gasteiger partial charge in [-0.2, -0.15) is 5.26 Å². The third kappa shape index (κ3) is 5.44. The first kappa shape index (κ1) is 17.0. The number of nitriles is 1. The molecule has 1 aromatic carbocycles. The van der Waals surface area contributed by atoms with Crippen LogP contribution in [0.1, 0.15) is 25.8 Å². The number of amides is 2. The highest BCUT2D eigenvalue weighted by Gasteiger charge is 2.21. The number of anilines is 1. The lowest BCUT2D eigenvalue weighted by Crippen LogP contribution is -2.43. The summed E-state index contributed by atoms with van der Waals surface area (Å²) in [6.45, 7) is 3.75. The number of benzene rings is 1. The summed E-state index contributed by atoms with van der Waals surface area (Å²) in [7, 11) is 0. The molecule has 0 bridgehead atoms. The maximum absolute atomic E-state index is 11.9. The highest BCUT2D eigenvalue weighted by molar-refractivity contribution is 9.10. The second-order valence-electron chi connectivity index (χ2n) is 4.92. The van der Waals surface area contributed by atoms with Crippen LogP contribution in [0.4, 0.5) is 10.5 Å².